The van der Waals surface area contributed by atoms with Crippen LogP contribution in [-0.4, -0.2) is 35.3 Å². The molecule has 3 atom stereocenters. The van der Waals surface area contributed by atoms with Crippen LogP contribution in [0.25, 0.3) is 0 Å². The highest BCUT2D eigenvalue weighted by Crippen LogP contribution is 2.61. The molecule has 2 fully saturated rings. The molecule has 0 amide bonds. The van der Waals surface area contributed by atoms with Gasteiger partial charge >= 0.3 is 5.97 Å². The monoisotopic (exact) mass is 235 g/mol. The molecule has 4 heteroatoms. The van der Waals surface area contributed by atoms with Gasteiger partial charge in [-0.3, -0.25) is 4.79 Å². The van der Waals surface area contributed by atoms with Crippen molar-refractivity contribution in [2.75, 3.05) is 13.2 Å². The number of esters is 1. The third kappa shape index (κ3) is 1.08. The van der Waals surface area contributed by atoms with Crippen LogP contribution in [0.3, 0.4) is 0 Å². The molecule has 2 aliphatic heterocycles. The van der Waals surface area contributed by atoms with Gasteiger partial charge in [0.2, 0.25) is 0 Å². The highest BCUT2D eigenvalue weighted by atomic mass is 16.5. The summed E-state index contributed by atoms with van der Waals surface area (Å²) < 4.78 is 5.23. The van der Waals surface area contributed by atoms with Gasteiger partial charge in [0.15, 0.2) is 5.78 Å². The Morgan fingerprint density at radius 2 is 2.35 bits per heavy atom. The summed E-state index contributed by atoms with van der Waals surface area (Å²) >= 11 is 0. The smallest absolute Gasteiger partial charge is 0.332 e. The Morgan fingerprint density at radius 1 is 1.59 bits per heavy atom. The van der Waals surface area contributed by atoms with E-state index in [0.29, 0.717) is 12.5 Å². The predicted molar refractivity (Wildman–Crippen MR) is 61.0 cm³/mol. The Hall–Kier alpha value is -1.32. The Morgan fingerprint density at radius 3 is 3.00 bits per heavy atom. The summed E-state index contributed by atoms with van der Waals surface area (Å²) in [4.78, 5) is 25.9. The van der Waals surface area contributed by atoms with Crippen LogP contribution in [0.1, 0.15) is 26.7 Å². The average molecular weight is 235 g/mol. The van der Waals surface area contributed by atoms with Crippen molar-refractivity contribution in [1.82, 2.24) is 4.90 Å². The lowest BCUT2D eigenvalue weighted by Crippen LogP contribution is -2.63. The van der Waals surface area contributed by atoms with E-state index in [4.69, 9.17) is 4.74 Å². The first-order valence-corrected chi connectivity index (χ1v) is 6.29. The predicted octanol–water partition coefficient (Wildman–Crippen LogP) is 1.12. The van der Waals surface area contributed by atoms with Gasteiger partial charge in [0, 0.05) is 24.2 Å². The molecule has 17 heavy (non-hydrogen) atoms. The van der Waals surface area contributed by atoms with Gasteiger partial charge in [0.05, 0.1) is 6.61 Å². The second-order valence-corrected chi connectivity index (χ2v) is 5.15. The SMILES string of the molecule is CCOC(=O)[C@]12[C@@H]3CCN1C=C(C(C)=O)[C@H]2C3. The molecule has 2 heterocycles. The van der Waals surface area contributed by atoms with E-state index in [1.54, 1.807) is 6.92 Å². The standard InChI is InChI=1S/C13H17NO3/c1-3-17-12(16)13-9-4-5-14(13)7-10(8(2)15)11(13)6-9/h7,9,11H,3-6H2,1-2H3/t9-,11-,13-/m1/s1. The molecule has 3 rings (SSSR count). The molecule has 1 saturated heterocycles. The first kappa shape index (κ1) is 10.8. The molecule has 0 aromatic carbocycles. The molecule has 0 aromatic heterocycles. The molecule has 1 saturated carbocycles. The van der Waals surface area contributed by atoms with Gasteiger partial charge in [0.25, 0.3) is 0 Å². The van der Waals surface area contributed by atoms with Gasteiger partial charge in [-0.1, -0.05) is 0 Å². The van der Waals surface area contributed by atoms with Gasteiger partial charge < -0.3 is 9.64 Å². The van der Waals surface area contributed by atoms with Gasteiger partial charge in [-0.15, -0.1) is 0 Å². The molecule has 0 spiro atoms. The number of rotatable bonds is 3. The number of ketones is 1. The summed E-state index contributed by atoms with van der Waals surface area (Å²) in [6.07, 6.45) is 3.90. The molecule has 92 valence electrons. The van der Waals surface area contributed by atoms with Crippen LogP contribution in [0.15, 0.2) is 11.8 Å². The quantitative estimate of drug-likeness (QED) is 0.688. The van der Waals surface area contributed by atoms with Crippen molar-refractivity contribution in [3.8, 4) is 0 Å². The fourth-order valence-corrected chi connectivity index (χ4v) is 3.82. The number of ether oxygens (including phenoxy) is 1. The summed E-state index contributed by atoms with van der Waals surface area (Å²) in [5.74, 6) is 0.406. The van der Waals surface area contributed by atoms with Crippen LogP contribution >= 0.6 is 0 Å². The van der Waals surface area contributed by atoms with Gasteiger partial charge in [0.1, 0.15) is 5.54 Å². The largest absolute Gasteiger partial charge is 0.464 e. The first-order valence-electron chi connectivity index (χ1n) is 6.29. The fourth-order valence-electron chi connectivity index (χ4n) is 3.82. The van der Waals surface area contributed by atoms with Gasteiger partial charge in [-0.05, 0) is 32.6 Å². The Bertz CT molecular complexity index is 428. The van der Waals surface area contributed by atoms with Crippen molar-refractivity contribution in [3.63, 3.8) is 0 Å². The van der Waals surface area contributed by atoms with E-state index < -0.39 is 5.54 Å². The second kappa shape index (κ2) is 3.34. The molecule has 0 radical (unpaired) electrons. The maximum absolute atomic E-state index is 12.2. The van der Waals surface area contributed by atoms with Gasteiger partial charge in [-0.2, -0.15) is 0 Å². The summed E-state index contributed by atoms with van der Waals surface area (Å²) in [6, 6.07) is 0. The lowest BCUT2D eigenvalue weighted by Gasteiger charge is -2.49. The third-order valence-electron chi connectivity index (χ3n) is 4.55. The molecule has 1 aliphatic carbocycles. The van der Waals surface area contributed by atoms with Crippen LogP contribution in [0.4, 0.5) is 0 Å². The van der Waals surface area contributed by atoms with Crippen molar-refractivity contribution in [2.24, 2.45) is 11.8 Å². The Labute approximate surface area is 101 Å². The number of hydrogen-bond donors (Lipinski definition) is 0. The lowest BCUT2D eigenvalue weighted by atomic mass is 9.58. The lowest BCUT2D eigenvalue weighted by molar-refractivity contribution is -0.166. The third-order valence-corrected chi connectivity index (χ3v) is 4.55. The van der Waals surface area contributed by atoms with Crippen LogP contribution in [0, 0.1) is 11.8 Å². The number of Topliss-reactive ketones (excluding diaryl/α,β-unsaturated/α-hetero) is 1. The highest BCUT2D eigenvalue weighted by molar-refractivity contribution is 5.98. The van der Waals surface area contributed by atoms with E-state index in [2.05, 4.69) is 4.90 Å². The van der Waals surface area contributed by atoms with E-state index in [0.717, 1.165) is 25.0 Å². The van der Waals surface area contributed by atoms with Crippen LogP contribution in [-0.2, 0) is 14.3 Å². The summed E-state index contributed by atoms with van der Waals surface area (Å²) in [5, 5.41) is 0. The molecular weight excluding hydrogens is 218 g/mol. The summed E-state index contributed by atoms with van der Waals surface area (Å²) in [6.45, 7) is 4.69. The zero-order valence-corrected chi connectivity index (χ0v) is 10.2. The first-order chi connectivity index (χ1) is 8.12. The van der Waals surface area contributed by atoms with E-state index in [9.17, 15) is 9.59 Å². The molecule has 3 aliphatic rings. The van der Waals surface area contributed by atoms with Crippen molar-refractivity contribution in [1.29, 1.82) is 0 Å². The van der Waals surface area contributed by atoms with Crippen molar-refractivity contribution >= 4 is 11.8 Å². The number of nitrogens with zero attached hydrogens (tertiary/aromatic N) is 1. The normalized spacial score (nSPS) is 37.3. The second-order valence-electron chi connectivity index (χ2n) is 5.15. The van der Waals surface area contributed by atoms with E-state index in [1.807, 2.05) is 13.1 Å². The molecule has 0 aromatic rings. The Kier molecular flexibility index (Phi) is 2.12. The van der Waals surface area contributed by atoms with Crippen LogP contribution in [0.2, 0.25) is 0 Å². The number of hydrogen-bond acceptors (Lipinski definition) is 4. The van der Waals surface area contributed by atoms with Gasteiger partial charge in [-0.25, -0.2) is 4.79 Å². The van der Waals surface area contributed by atoms with E-state index in [1.165, 1.54) is 0 Å². The zero-order chi connectivity index (χ0) is 12.2. The van der Waals surface area contributed by atoms with Crippen LogP contribution in [0.5, 0.6) is 0 Å². The number of carbonyl (C=O) groups is 2. The van der Waals surface area contributed by atoms with Crippen molar-refractivity contribution in [3.05, 3.63) is 11.8 Å². The topological polar surface area (TPSA) is 46.6 Å². The zero-order valence-electron chi connectivity index (χ0n) is 10.2. The average Bonchev–Trinajstić information content (AvgIpc) is 2.60. The minimum absolute atomic E-state index is 0.0755. The maximum atomic E-state index is 12.2. The van der Waals surface area contributed by atoms with Crippen molar-refractivity contribution in [2.45, 2.75) is 32.2 Å². The number of carbonyl (C=O) groups excluding carboxylic acids is 2. The van der Waals surface area contributed by atoms with Crippen LogP contribution < -0.4 is 0 Å². The van der Waals surface area contributed by atoms with Crippen molar-refractivity contribution < 1.29 is 14.3 Å². The molecule has 0 unspecified atom stereocenters. The molecule has 0 bridgehead atoms. The molecular formula is C13H17NO3. The summed E-state index contributed by atoms with van der Waals surface area (Å²) in [5.41, 5.74) is 0.297. The maximum Gasteiger partial charge on any atom is 0.332 e. The minimum atomic E-state index is -0.517. The molecule has 4 nitrogen and oxygen atoms in total. The summed E-state index contributed by atoms with van der Waals surface area (Å²) in [7, 11) is 0. The minimum Gasteiger partial charge on any atom is -0.464 e. The fraction of sp³-hybridized carbons (Fsp3) is 0.692. The van der Waals surface area contributed by atoms with E-state index >= 15 is 0 Å². The van der Waals surface area contributed by atoms with E-state index in [-0.39, 0.29) is 17.7 Å². The molecule has 0 N–H and O–H groups in total. The highest BCUT2D eigenvalue weighted by Gasteiger charge is 2.70. The Balaban J connectivity index is 1.97.